The average Bonchev–Trinajstić information content (AvgIpc) is 3.07. The summed E-state index contributed by atoms with van der Waals surface area (Å²) < 4.78 is 14.6. The van der Waals surface area contributed by atoms with Crippen LogP contribution in [-0.4, -0.2) is 25.1 Å². The normalized spacial score (nSPS) is 12.6. The Morgan fingerprint density at radius 1 is 1.25 bits per heavy atom. The van der Waals surface area contributed by atoms with E-state index in [2.05, 4.69) is 15.3 Å². The van der Waals surface area contributed by atoms with Gasteiger partial charge in [0.25, 0.3) is 0 Å². The maximum atomic E-state index is 13.0. The summed E-state index contributed by atoms with van der Waals surface area (Å²) in [5.41, 5.74) is 2.74. The third kappa shape index (κ3) is 2.21. The van der Waals surface area contributed by atoms with E-state index in [9.17, 15) is 9.50 Å². The molecule has 1 unspecified atom stereocenters. The Balaban J connectivity index is 1.99. The number of halogens is 1. The van der Waals surface area contributed by atoms with E-state index in [4.69, 9.17) is 0 Å². The topological polar surface area (TPSA) is 66.7 Å². The van der Waals surface area contributed by atoms with Crippen LogP contribution < -0.4 is 0 Å². The highest BCUT2D eigenvalue weighted by molar-refractivity contribution is 5.63. The van der Waals surface area contributed by atoms with E-state index in [1.807, 2.05) is 0 Å². The van der Waals surface area contributed by atoms with E-state index >= 15 is 0 Å². The van der Waals surface area contributed by atoms with E-state index in [1.165, 1.54) is 12.1 Å². The van der Waals surface area contributed by atoms with E-state index in [0.717, 1.165) is 5.56 Å². The van der Waals surface area contributed by atoms with Crippen molar-refractivity contribution in [3.63, 3.8) is 0 Å². The predicted octanol–water partition coefficient (Wildman–Crippen LogP) is 2.03. The van der Waals surface area contributed by atoms with Crippen LogP contribution >= 0.6 is 0 Å². The summed E-state index contributed by atoms with van der Waals surface area (Å²) in [5, 5.41) is 21.2. The molecule has 2 N–H and O–H groups in total. The number of aliphatic hydroxyl groups is 1. The van der Waals surface area contributed by atoms with Crippen LogP contribution in [0.4, 0.5) is 4.39 Å². The first-order valence-electron chi connectivity index (χ1n) is 6.11. The van der Waals surface area contributed by atoms with Gasteiger partial charge in [-0.25, -0.2) is 4.39 Å². The van der Waals surface area contributed by atoms with Crippen molar-refractivity contribution in [2.24, 2.45) is 7.05 Å². The first kappa shape index (κ1) is 12.6. The Bertz CT molecular complexity index is 717. The van der Waals surface area contributed by atoms with Crippen LogP contribution in [0.15, 0.2) is 42.9 Å². The molecule has 0 spiro atoms. The van der Waals surface area contributed by atoms with Crippen LogP contribution in [0.3, 0.4) is 0 Å². The Hall–Kier alpha value is -2.47. The third-order valence-electron chi connectivity index (χ3n) is 3.14. The molecule has 0 radical (unpaired) electrons. The second-order valence-electron chi connectivity index (χ2n) is 4.56. The molecule has 102 valence electrons. The van der Waals surface area contributed by atoms with Gasteiger partial charge in [0.15, 0.2) is 0 Å². The summed E-state index contributed by atoms with van der Waals surface area (Å²) in [6.45, 7) is 0. The molecule has 0 amide bonds. The zero-order chi connectivity index (χ0) is 14.1. The maximum absolute atomic E-state index is 13.0. The van der Waals surface area contributed by atoms with Crippen LogP contribution in [0.1, 0.15) is 17.2 Å². The molecule has 2 aromatic heterocycles. The highest BCUT2D eigenvalue weighted by atomic mass is 19.1. The molecule has 0 bridgehead atoms. The van der Waals surface area contributed by atoms with Gasteiger partial charge in [-0.3, -0.25) is 9.78 Å². The van der Waals surface area contributed by atoms with Gasteiger partial charge in [-0.1, -0.05) is 0 Å². The molecule has 0 aliphatic rings. The van der Waals surface area contributed by atoms with Crippen molar-refractivity contribution in [1.82, 2.24) is 20.0 Å². The number of hydrogen-bond donors (Lipinski definition) is 2. The van der Waals surface area contributed by atoms with Crippen LogP contribution in [-0.2, 0) is 7.05 Å². The molecule has 0 aliphatic heterocycles. The van der Waals surface area contributed by atoms with Gasteiger partial charge in [-0.05, 0) is 24.3 Å². The molecule has 1 aromatic carbocycles. The molecule has 0 saturated heterocycles. The van der Waals surface area contributed by atoms with Gasteiger partial charge >= 0.3 is 0 Å². The molecule has 0 fully saturated rings. The van der Waals surface area contributed by atoms with Crippen molar-refractivity contribution < 1.29 is 9.50 Å². The predicted molar refractivity (Wildman–Crippen MR) is 71.3 cm³/mol. The summed E-state index contributed by atoms with van der Waals surface area (Å²) >= 11 is 0. The highest BCUT2D eigenvalue weighted by Gasteiger charge is 2.19. The lowest BCUT2D eigenvalue weighted by Gasteiger charge is -2.09. The van der Waals surface area contributed by atoms with E-state index in [-0.39, 0.29) is 5.82 Å². The van der Waals surface area contributed by atoms with Gasteiger partial charge in [-0.15, -0.1) is 0 Å². The lowest BCUT2D eigenvalue weighted by molar-refractivity contribution is 0.221. The minimum absolute atomic E-state index is 0.303. The number of H-pyrrole nitrogens is 1. The van der Waals surface area contributed by atoms with Crippen LogP contribution in [0.2, 0.25) is 0 Å². The van der Waals surface area contributed by atoms with Gasteiger partial charge in [0.1, 0.15) is 11.9 Å². The average molecular weight is 272 g/mol. The van der Waals surface area contributed by atoms with Gasteiger partial charge in [-0.2, -0.15) is 10.2 Å². The molecule has 0 saturated carbocycles. The summed E-state index contributed by atoms with van der Waals surface area (Å²) in [4.78, 5) is 0. The fourth-order valence-electron chi connectivity index (χ4n) is 2.11. The summed E-state index contributed by atoms with van der Waals surface area (Å²) in [6, 6.07) is 6.03. The number of aromatic amines is 1. The van der Waals surface area contributed by atoms with Gasteiger partial charge in [0.2, 0.25) is 0 Å². The van der Waals surface area contributed by atoms with Crippen LogP contribution in [0.5, 0.6) is 0 Å². The number of aromatic nitrogens is 4. The molecule has 20 heavy (non-hydrogen) atoms. The fraction of sp³-hybridized carbons (Fsp3) is 0.143. The second kappa shape index (κ2) is 4.90. The molecule has 2 heterocycles. The highest BCUT2D eigenvalue weighted by Crippen LogP contribution is 2.29. The Labute approximate surface area is 114 Å². The quantitative estimate of drug-likeness (QED) is 0.766. The zero-order valence-electron chi connectivity index (χ0n) is 10.8. The van der Waals surface area contributed by atoms with E-state index < -0.39 is 6.10 Å². The second-order valence-corrected chi connectivity index (χ2v) is 4.56. The Morgan fingerprint density at radius 2 is 2.00 bits per heavy atom. The molecule has 0 aliphatic carbocycles. The lowest BCUT2D eigenvalue weighted by Crippen LogP contribution is -1.99. The van der Waals surface area contributed by atoms with Crippen molar-refractivity contribution >= 4 is 0 Å². The molecular weight excluding hydrogens is 259 g/mol. The third-order valence-corrected chi connectivity index (χ3v) is 3.14. The van der Waals surface area contributed by atoms with Crippen molar-refractivity contribution in [3.8, 4) is 11.3 Å². The first-order valence-corrected chi connectivity index (χ1v) is 6.11. The fourth-order valence-corrected chi connectivity index (χ4v) is 2.11. The van der Waals surface area contributed by atoms with E-state index in [1.54, 1.807) is 42.5 Å². The molecular formula is C14H13FN4O. The SMILES string of the molecule is Cn1cc(C(O)c2cn[nH]c2-c2ccc(F)cc2)cn1. The molecule has 5 nitrogen and oxygen atoms in total. The summed E-state index contributed by atoms with van der Waals surface area (Å²) in [6.07, 6.45) is 4.08. The lowest BCUT2D eigenvalue weighted by atomic mass is 10.0. The largest absolute Gasteiger partial charge is 0.383 e. The summed E-state index contributed by atoms with van der Waals surface area (Å²) in [5.74, 6) is -0.303. The smallest absolute Gasteiger partial charge is 0.123 e. The maximum Gasteiger partial charge on any atom is 0.123 e. The van der Waals surface area contributed by atoms with Crippen LogP contribution in [0, 0.1) is 5.82 Å². The first-order chi connectivity index (χ1) is 9.65. The number of hydrogen-bond acceptors (Lipinski definition) is 3. The summed E-state index contributed by atoms with van der Waals surface area (Å²) in [7, 11) is 1.78. The van der Waals surface area contributed by atoms with Crippen molar-refractivity contribution in [1.29, 1.82) is 0 Å². The number of aliphatic hydroxyl groups excluding tert-OH is 1. The van der Waals surface area contributed by atoms with Crippen molar-refractivity contribution in [3.05, 3.63) is 59.8 Å². The van der Waals surface area contributed by atoms with Gasteiger partial charge in [0.05, 0.1) is 18.1 Å². The molecule has 6 heteroatoms. The molecule has 3 aromatic rings. The minimum Gasteiger partial charge on any atom is -0.383 e. The Kier molecular flexibility index (Phi) is 3.08. The van der Waals surface area contributed by atoms with Gasteiger partial charge < -0.3 is 5.11 Å². The number of rotatable bonds is 3. The molecule has 1 atom stereocenters. The standard InChI is InChI=1S/C14H13FN4O/c1-19-8-10(6-17-19)14(20)12-7-16-18-13(12)9-2-4-11(15)5-3-9/h2-8,14,20H,1H3,(H,16,18). The number of nitrogens with zero attached hydrogens (tertiary/aromatic N) is 3. The number of nitrogens with one attached hydrogen (secondary N) is 1. The van der Waals surface area contributed by atoms with Crippen molar-refractivity contribution in [2.45, 2.75) is 6.10 Å². The Morgan fingerprint density at radius 3 is 2.65 bits per heavy atom. The minimum atomic E-state index is -0.831. The number of benzene rings is 1. The van der Waals surface area contributed by atoms with Crippen LogP contribution in [0.25, 0.3) is 11.3 Å². The zero-order valence-corrected chi connectivity index (χ0v) is 10.8. The van der Waals surface area contributed by atoms with E-state index in [0.29, 0.717) is 16.8 Å². The monoisotopic (exact) mass is 272 g/mol. The van der Waals surface area contributed by atoms with Gasteiger partial charge in [0, 0.05) is 29.9 Å². The number of aryl methyl sites for hydroxylation is 1. The van der Waals surface area contributed by atoms with Crippen molar-refractivity contribution in [2.75, 3.05) is 0 Å². The molecule has 3 rings (SSSR count).